The number of carbonyl (C=O) groups excluding carboxylic acids is 1. The smallest absolute Gasteiger partial charge is 0.418 e. The van der Waals surface area contributed by atoms with Gasteiger partial charge in [0.05, 0.1) is 43.7 Å². The van der Waals surface area contributed by atoms with Crippen LogP contribution < -0.4 is 10.1 Å². The van der Waals surface area contributed by atoms with Crippen molar-refractivity contribution >= 4 is 22.5 Å². The van der Waals surface area contributed by atoms with Gasteiger partial charge in [-0.05, 0) is 85.7 Å². The van der Waals surface area contributed by atoms with Crippen molar-refractivity contribution in [3.8, 4) is 11.4 Å². The van der Waals surface area contributed by atoms with Gasteiger partial charge in [0.1, 0.15) is 11.6 Å². The number of aromatic nitrogens is 2. The fourth-order valence-electron chi connectivity index (χ4n) is 6.56. The maximum atomic E-state index is 14.6. The third kappa shape index (κ3) is 6.94. The van der Waals surface area contributed by atoms with Crippen LogP contribution in [-0.2, 0) is 10.2 Å². The third-order valence-corrected chi connectivity index (χ3v) is 8.89. The van der Waals surface area contributed by atoms with Crippen LogP contribution in [0.15, 0.2) is 60.8 Å². The van der Waals surface area contributed by atoms with Gasteiger partial charge in [-0.2, -0.15) is 18.3 Å². The van der Waals surface area contributed by atoms with E-state index in [1.165, 1.54) is 39.3 Å². The summed E-state index contributed by atoms with van der Waals surface area (Å²) in [6.07, 6.45) is -2.48. The average Bonchev–Trinajstić information content (AvgIpc) is 3.66. The number of anilines is 1. The van der Waals surface area contributed by atoms with Crippen molar-refractivity contribution in [1.82, 2.24) is 14.7 Å². The molecule has 12 heteroatoms. The Kier molecular flexibility index (Phi) is 9.57. The number of alkyl halides is 3. The van der Waals surface area contributed by atoms with Crippen LogP contribution in [-0.4, -0.2) is 77.4 Å². The zero-order valence-electron chi connectivity index (χ0n) is 27.1. The van der Waals surface area contributed by atoms with Crippen LogP contribution in [0.25, 0.3) is 16.6 Å². The molecule has 1 aliphatic heterocycles. The van der Waals surface area contributed by atoms with E-state index in [0.29, 0.717) is 41.0 Å². The second kappa shape index (κ2) is 13.2. The normalized spacial score (nSPS) is 16.8. The molecule has 2 N–H and O–H groups in total. The van der Waals surface area contributed by atoms with Crippen molar-refractivity contribution in [3.63, 3.8) is 0 Å². The predicted molar refractivity (Wildman–Crippen MR) is 172 cm³/mol. The van der Waals surface area contributed by atoms with E-state index >= 15 is 0 Å². The number of nitrogens with one attached hydrogen (secondary N) is 1. The molecule has 4 aromatic rings. The highest BCUT2D eigenvalue weighted by Gasteiger charge is 2.56. The zero-order valence-corrected chi connectivity index (χ0v) is 27.1. The molecular formula is C35H40F4N4O4. The topological polar surface area (TPSA) is 88.9 Å². The van der Waals surface area contributed by atoms with Crippen molar-refractivity contribution in [2.45, 2.75) is 63.3 Å². The van der Waals surface area contributed by atoms with E-state index in [9.17, 15) is 27.5 Å². The fraction of sp³-hybridized carbons (Fsp3) is 0.429. The fourth-order valence-corrected chi connectivity index (χ4v) is 6.56. The number of nitrogens with zero attached hydrogens (tertiary/aromatic N) is 3. The van der Waals surface area contributed by atoms with Crippen LogP contribution in [0.3, 0.4) is 0 Å². The Balaban J connectivity index is 1.44. The first-order valence-electron chi connectivity index (χ1n) is 15.4. The van der Waals surface area contributed by atoms with Gasteiger partial charge in [0.2, 0.25) is 0 Å². The largest absolute Gasteiger partial charge is 0.496 e. The molecule has 0 aliphatic carbocycles. The van der Waals surface area contributed by atoms with Gasteiger partial charge in [0.15, 0.2) is 5.60 Å². The first-order valence-corrected chi connectivity index (χ1v) is 15.4. The highest BCUT2D eigenvalue weighted by molar-refractivity contribution is 5.96. The molecular weight excluding hydrogens is 616 g/mol. The molecule has 252 valence electrons. The Morgan fingerprint density at radius 3 is 2.57 bits per heavy atom. The molecule has 1 amide bonds. The third-order valence-electron chi connectivity index (χ3n) is 8.89. The molecule has 1 aliphatic rings. The molecule has 8 nitrogen and oxygen atoms in total. The number of ether oxygens (including phenoxy) is 2. The molecule has 1 saturated heterocycles. The molecule has 0 radical (unpaired) electrons. The van der Waals surface area contributed by atoms with Gasteiger partial charge in [-0.15, -0.1) is 0 Å². The van der Waals surface area contributed by atoms with Crippen molar-refractivity contribution in [2.75, 3.05) is 39.2 Å². The van der Waals surface area contributed by atoms with Crippen LogP contribution in [0.1, 0.15) is 54.6 Å². The second-order valence-corrected chi connectivity index (χ2v) is 12.9. The van der Waals surface area contributed by atoms with E-state index < -0.39 is 36.0 Å². The van der Waals surface area contributed by atoms with Crippen molar-refractivity contribution in [3.05, 3.63) is 83.3 Å². The SMILES string of the molecule is COC[C@@H]1CCCN1C(=O)c1cccc(-n2ncc3c(NCC(O)(CC(C)(C)c4cc(F)ccc4OC)C(F)(F)F)cc(C)cc32)c1. The monoisotopic (exact) mass is 656 g/mol. The van der Waals surface area contributed by atoms with Crippen molar-refractivity contribution in [2.24, 2.45) is 0 Å². The lowest BCUT2D eigenvalue weighted by Crippen LogP contribution is -2.53. The number of aryl methyl sites for hydroxylation is 1. The number of hydrogen-bond acceptors (Lipinski definition) is 6. The highest BCUT2D eigenvalue weighted by atomic mass is 19.4. The summed E-state index contributed by atoms with van der Waals surface area (Å²) in [5.74, 6) is -0.503. The van der Waals surface area contributed by atoms with Crippen LogP contribution in [0.2, 0.25) is 0 Å². The van der Waals surface area contributed by atoms with E-state index in [2.05, 4.69) is 10.4 Å². The van der Waals surface area contributed by atoms with E-state index in [1.807, 2.05) is 11.0 Å². The molecule has 1 fully saturated rings. The Morgan fingerprint density at radius 1 is 1.11 bits per heavy atom. The molecule has 0 bridgehead atoms. The number of amides is 1. The molecule has 1 aromatic heterocycles. The zero-order chi connectivity index (χ0) is 34.1. The van der Waals surface area contributed by atoms with Crippen molar-refractivity contribution < 1.29 is 36.9 Å². The van der Waals surface area contributed by atoms with Gasteiger partial charge in [-0.1, -0.05) is 19.9 Å². The molecule has 5 rings (SSSR count). The Morgan fingerprint density at radius 2 is 1.87 bits per heavy atom. The maximum Gasteiger partial charge on any atom is 0.418 e. The number of hydrogen-bond donors (Lipinski definition) is 2. The van der Waals surface area contributed by atoms with Crippen LogP contribution in [0, 0.1) is 12.7 Å². The van der Waals surface area contributed by atoms with E-state index in [1.54, 1.807) is 49.0 Å². The lowest BCUT2D eigenvalue weighted by atomic mass is 9.74. The summed E-state index contributed by atoms with van der Waals surface area (Å²) in [5, 5.41) is 19.1. The van der Waals surface area contributed by atoms with Gasteiger partial charge >= 0.3 is 6.18 Å². The summed E-state index contributed by atoms with van der Waals surface area (Å²) in [7, 11) is 2.97. The number of fused-ring (bicyclic) bond motifs is 1. The van der Waals surface area contributed by atoms with Gasteiger partial charge in [-0.25, -0.2) is 9.07 Å². The van der Waals surface area contributed by atoms with E-state index in [4.69, 9.17) is 9.47 Å². The average molecular weight is 657 g/mol. The summed E-state index contributed by atoms with van der Waals surface area (Å²) in [4.78, 5) is 15.2. The van der Waals surface area contributed by atoms with Gasteiger partial charge in [0.25, 0.3) is 5.91 Å². The summed E-state index contributed by atoms with van der Waals surface area (Å²) in [5.41, 5.74) is -1.50. The number of carbonyl (C=O) groups is 1. The highest BCUT2D eigenvalue weighted by Crippen LogP contribution is 2.44. The lowest BCUT2D eigenvalue weighted by molar-refractivity contribution is -0.260. The number of aliphatic hydroxyl groups is 1. The second-order valence-electron chi connectivity index (χ2n) is 12.9. The summed E-state index contributed by atoms with van der Waals surface area (Å²) in [6.45, 7) is 5.06. The molecule has 47 heavy (non-hydrogen) atoms. The van der Waals surface area contributed by atoms with Crippen LogP contribution in [0.4, 0.5) is 23.2 Å². The molecule has 2 heterocycles. The maximum absolute atomic E-state index is 14.6. The summed E-state index contributed by atoms with van der Waals surface area (Å²) < 4.78 is 70.1. The predicted octanol–water partition coefficient (Wildman–Crippen LogP) is 6.81. The molecule has 3 aromatic carbocycles. The number of benzene rings is 3. The van der Waals surface area contributed by atoms with Crippen LogP contribution >= 0.6 is 0 Å². The number of likely N-dealkylation sites (tertiary alicyclic amines) is 1. The van der Waals surface area contributed by atoms with Gasteiger partial charge in [0, 0.05) is 35.9 Å². The quantitative estimate of drug-likeness (QED) is 0.173. The van der Waals surface area contributed by atoms with Gasteiger partial charge in [-0.3, -0.25) is 4.79 Å². The number of rotatable bonds is 11. The first kappa shape index (κ1) is 34.2. The van der Waals surface area contributed by atoms with Crippen LogP contribution in [0.5, 0.6) is 5.75 Å². The molecule has 2 atom stereocenters. The number of halogens is 4. The van der Waals surface area contributed by atoms with Crippen molar-refractivity contribution in [1.29, 1.82) is 0 Å². The summed E-state index contributed by atoms with van der Waals surface area (Å²) in [6, 6.07) is 14.3. The Labute approximate surface area is 271 Å². The number of methoxy groups -OCH3 is 2. The first-order chi connectivity index (χ1) is 22.2. The minimum Gasteiger partial charge on any atom is -0.496 e. The summed E-state index contributed by atoms with van der Waals surface area (Å²) >= 11 is 0. The van der Waals surface area contributed by atoms with E-state index in [-0.39, 0.29) is 23.3 Å². The van der Waals surface area contributed by atoms with Gasteiger partial charge < -0.3 is 24.8 Å². The molecule has 1 unspecified atom stereocenters. The lowest BCUT2D eigenvalue weighted by Gasteiger charge is -2.38. The standard InChI is InChI=1S/C35H40F4N4O4/c1-22-14-29(40-21-34(45,35(37,38)39)20-33(2,3)28-17-24(36)11-12-31(28)47-5)27-18-41-43(30(27)15-22)25-9-6-8-23(16-25)32(44)42-13-7-10-26(42)19-46-4/h6,8-9,11-12,14-18,26,40,45H,7,10,13,19-21H2,1-5H3/t26-,34?/m0/s1. The Hall–Kier alpha value is -4.16. The molecule has 0 saturated carbocycles. The molecule has 0 spiro atoms. The Bertz CT molecular complexity index is 1760. The minimum atomic E-state index is -5.02. The minimum absolute atomic E-state index is 0.00905. The van der Waals surface area contributed by atoms with E-state index in [0.717, 1.165) is 24.5 Å².